The van der Waals surface area contributed by atoms with Crippen molar-refractivity contribution in [3.8, 4) is 28.6 Å². The van der Waals surface area contributed by atoms with Gasteiger partial charge in [0.1, 0.15) is 17.2 Å². The van der Waals surface area contributed by atoms with Crippen molar-refractivity contribution in [2.75, 3.05) is 5.32 Å². The zero-order chi connectivity index (χ0) is 18.5. The first-order valence-corrected chi connectivity index (χ1v) is 8.48. The van der Waals surface area contributed by atoms with Gasteiger partial charge in [0.25, 0.3) is 0 Å². The van der Waals surface area contributed by atoms with Crippen LogP contribution in [0.5, 0.6) is 17.2 Å². The zero-order valence-electron chi connectivity index (χ0n) is 14.4. The van der Waals surface area contributed by atoms with E-state index >= 15 is 0 Å². The molecule has 0 aliphatic rings. The lowest BCUT2D eigenvalue weighted by Crippen LogP contribution is -1.93. The fraction of sp³-hybridized carbons (Fsp3) is 0. The number of phenolic OH excluding ortho intramolecular Hbond substituents is 1. The first-order valence-electron chi connectivity index (χ1n) is 8.48. The molecule has 0 fully saturated rings. The molecule has 132 valence electrons. The Hall–Kier alpha value is -3.86. The number of hydrogen-bond donors (Lipinski definition) is 2. The van der Waals surface area contributed by atoms with Crippen molar-refractivity contribution in [2.45, 2.75) is 0 Å². The summed E-state index contributed by atoms with van der Waals surface area (Å²) < 4.78 is 6.01. The van der Waals surface area contributed by atoms with E-state index in [1.54, 1.807) is 36.7 Å². The van der Waals surface area contributed by atoms with Crippen LogP contribution in [-0.4, -0.2) is 15.1 Å². The third kappa shape index (κ3) is 4.04. The van der Waals surface area contributed by atoms with Gasteiger partial charge in [-0.25, -0.2) is 9.97 Å². The number of phenols is 1. The van der Waals surface area contributed by atoms with Gasteiger partial charge in [0.2, 0.25) is 0 Å². The molecule has 2 N–H and O–H groups in total. The second kappa shape index (κ2) is 7.58. The number of ether oxygens (including phenoxy) is 1. The molecule has 1 heterocycles. The Labute approximate surface area is 156 Å². The fourth-order valence-electron chi connectivity index (χ4n) is 2.64. The number of para-hydroxylation sites is 1. The van der Waals surface area contributed by atoms with E-state index in [9.17, 15) is 5.11 Å². The van der Waals surface area contributed by atoms with Crippen LogP contribution in [0, 0.1) is 0 Å². The molecule has 5 nitrogen and oxygen atoms in total. The highest BCUT2D eigenvalue weighted by molar-refractivity contribution is 5.67. The lowest BCUT2D eigenvalue weighted by Gasteiger charge is -2.12. The molecule has 0 bridgehead atoms. The van der Waals surface area contributed by atoms with E-state index in [0.717, 1.165) is 11.4 Å². The van der Waals surface area contributed by atoms with E-state index in [0.29, 0.717) is 22.9 Å². The molecule has 0 saturated heterocycles. The molecular formula is C22H17N3O2. The number of hydrogen-bond acceptors (Lipinski definition) is 5. The maximum atomic E-state index is 9.82. The highest BCUT2D eigenvalue weighted by atomic mass is 16.5. The maximum Gasteiger partial charge on any atom is 0.163 e. The average Bonchev–Trinajstić information content (AvgIpc) is 2.72. The molecule has 27 heavy (non-hydrogen) atoms. The standard InChI is InChI=1S/C22H17N3O2/c26-18-9-12-21(20(15-18)22-23-13-4-14-24-22)27-19-10-7-17(8-11-19)25-16-5-2-1-3-6-16/h1-15,25-26H. The minimum atomic E-state index is 0.132. The van der Waals surface area contributed by atoms with E-state index in [2.05, 4.69) is 15.3 Å². The Morgan fingerprint density at radius 2 is 1.44 bits per heavy atom. The Bertz CT molecular complexity index is 1020. The highest BCUT2D eigenvalue weighted by Crippen LogP contribution is 2.34. The Morgan fingerprint density at radius 3 is 2.19 bits per heavy atom. The average molecular weight is 355 g/mol. The van der Waals surface area contributed by atoms with Gasteiger partial charge in [-0.05, 0) is 60.7 Å². The van der Waals surface area contributed by atoms with Crippen LogP contribution in [0.1, 0.15) is 0 Å². The largest absolute Gasteiger partial charge is 0.508 e. The number of rotatable bonds is 5. The summed E-state index contributed by atoms with van der Waals surface area (Å²) >= 11 is 0. The molecule has 0 aliphatic heterocycles. The number of nitrogens with zero attached hydrogens (tertiary/aromatic N) is 2. The van der Waals surface area contributed by atoms with Gasteiger partial charge in [-0.1, -0.05) is 18.2 Å². The quantitative estimate of drug-likeness (QED) is 0.503. The van der Waals surface area contributed by atoms with Crippen LogP contribution in [0.25, 0.3) is 11.4 Å². The summed E-state index contributed by atoms with van der Waals surface area (Å²) in [6.07, 6.45) is 3.31. The predicted molar refractivity (Wildman–Crippen MR) is 105 cm³/mol. The van der Waals surface area contributed by atoms with Crippen molar-refractivity contribution in [3.05, 3.63) is 91.3 Å². The number of aromatic nitrogens is 2. The van der Waals surface area contributed by atoms with Gasteiger partial charge in [0, 0.05) is 23.8 Å². The summed E-state index contributed by atoms with van der Waals surface area (Å²) in [6, 6.07) is 24.2. The van der Waals surface area contributed by atoms with Gasteiger partial charge in [0.05, 0.1) is 5.56 Å². The van der Waals surface area contributed by atoms with Gasteiger partial charge in [-0.2, -0.15) is 0 Å². The molecule has 0 atom stereocenters. The normalized spacial score (nSPS) is 10.4. The highest BCUT2D eigenvalue weighted by Gasteiger charge is 2.11. The fourth-order valence-corrected chi connectivity index (χ4v) is 2.64. The van der Waals surface area contributed by atoms with Gasteiger partial charge < -0.3 is 15.2 Å². The molecular weight excluding hydrogens is 338 g/mol. The summed E-state index contributed by atoms with van der Waals surface area (Å²) in [4.78, 5) is 8.48. The van der Waals surface area contributed by atoms with Crippen LogP contribution in [0.15, 0.2) is 91.3 Å². The Morgan fingerprint density at radius 1 is 0.741 bits per heavy atom. The zero-order valence-corrected chi connectivity index (χ0v) is 14.4. The molecule has 0 amide bonds. The van der Waals surface area contributed by atoms with Crippen LogP contribution in [0.2, 0.25) is 0 Å². The molecule has 4 aromatic rings. The molecule has 5 heteroatoms. The molecule has 0 spiro atoms. The van der Waals surface area contributed by atoms with Crippen molar-refractivity contribution in [1.82, 2.24) is 9.97 Å². The first-order chi connectivity index (χ1) is 13.3. The topological polar surface area (TPSA) is 67.3 Å². The van der Waals surface area contributed by atoms with Crippen LogP contribution in [0.3, 0.4) is 0 Å². The van der Waals surface area contributed by atoms with Gasteiger partial charge in [-0.3, -0.25) is 0 Å². The monoisotopic (exact) mass is 355 g/mol. The number of aromatic hydroxyl groups is 1. The van der Waals surface area contributed by atoms with Gasteiger partial charge in [-0.15, -0.1) is 0 Å². The van der Waals surface area contributed by atoms with E-state index in [-0.39, 0.29) is 5.75 Å². The molecule has 1 aromatic heterocycles. The molecule has 0 saturated carbocycles. The van der Waals surface area contributed by atoms with E-state index in [1.165, 1.54) is 0 Å². The van der Waals surface area contributed by atoms with E-state index in [4.69, 9.17) is 4.74 Å². The summed E-state index contributed by atoms with van der Waals surface area (Å²) in [7, 11) is 0. The van der Waals surface area contributed by atoms with E-state index in [1.807, 2.05) is 54.6 Å². The Kier molecular flexibility index (Phi) is 4.66. The summed E-state index contributed by atoms with van der Waals surface area (Å²) in [6.45, 7) is 0. The minimum Gasteiger partial charge on any atom is -0.508 e. The SMILES string of the molecule is Oc1ccc(Oc2ccc(Nc3ccccc3)cc2)c(-c2ncccn2)c1. The lowest BCUT2D eigenvalue weighted by molar-refractivity contribution is 0.465. The first kappa shape index (κ1) is 16.6. The van der Waals surface area contributed by atoms with Crippen LogP contribution in [-0.2, 0) is 0 Å². The second-order valence-corrected chi connectivity index (χ2v) is 5.87. The van der Waals surface area contributed by atoms with Crippen molar-refractivity contribution in [2.24, 2.45) is 0 Å². The molecule has 3 aromatic carbocycles. The van der Waals surface area contributed by atoms with Gasteiger partial charge >= 0.3 is 0 Å². The molecule has 0 aliphatic carbocycles. The molecule has 0 unspecified atom stereocenters. The lowest BCUT2D eigenvalue weighted by atomic mass is 10.1. The van der Waals surface area contributed by atoms with Crippen molar-refractivity contribution in [1.29, 1.82) is 0 Å². The third-order valence-electron chi connectivity index (χ3n) is 3.91. The van der Waals surface area contributed by atoms with Crippen LogP contribution < -0.4 is 10.1 Å². The minimum absolute atomic E-state index is 0.132. The summed E-state index contributed by atoms with van der Waals surface area (Å²) in [5.41, 5.74) is 2.61. The summed E-state index contributed by atoms with van der Waals surface area (Å²) in [5.74, 6) is 1.87. The van der Waals surface area contributed by atoms with Crippen LogP contribution >= 0.6 is 0 Å². The van der Waals surface area contributed by atoms with Crippen LogP contribution in [0.4, 0.5) is 11.4 Å². The Balaban J connectivity index is 1.56. The maximum absolute atomic E-state index is 9.82. The van der Waals surface area contributed by atoms with E-state index < -0.39 is 0 Å². The number of benzene rings is 3. The predicted octanol–water partition coefficient (Wildman–Crippen LogP) is 5.39. The van der Waals surface area contributed by atoms with Crippen molar-refractivity contribution >= 4 is 11.4 Å². The van der Waals surface area contributed by atoms with Gasteiger partial charge in [0.15, 0.2) is 5.82 Å². The number of anilines is 2. The van der Waals surface area contributed by atoms with Crippen molar-refractivity contribution in [3.63, 3.8) is 0 Å². The number of nitrogens with one attached hydrogen (secondary N) is 1. The summed E-state index contributed by atoms with van der Waals surface area (Å²) in [5, 5.41) is 13.2. The molecule has 0 radical (unpaired) electrons. The molecule has 4 rings (SSSR count). The van der Waals surface area contributed by atoms with Crippen molar-refractivity contribution < 1.29 is 9.84 Å². The smallest absolute Gasteiger partial charge is 0.163 e. The second-order valence-electron chi connectivity index (χ2n) is 5.87. The third-order valence-corrected chi connectivity index (χ3v) is 3.91.